The Morgan fingerprint density at radius 1 is 1.10 bits per heavy atom. The molecular weight excluding hydrogens is 252 g/mol. The number of hydrogen-bond donors (Lipinski definition) is 1. The van der Waals surface area contributed by atoms with Gasteiger partial charge in [0.1, 0.15) is 11.9 Å². The van der Waals surface area contributed by atoms with E-state index in [0.29, 0.717) is 17.0 Å². The number of hydrogen-bond acceptors (Lipinski definition) is 4. The van der Waals surface area contributed by atoms with Gasteiger partial charge in [-0.15, -0.1) is 0 Å². The molecule has 2 aromatic heterocycles. The monoisotopic (exact) mass is 272 g/mol. The normalized spacial score (nSPS) is 12.5. The first-order chi connectivity index (χ1) is 9.47. The molecule has 20 heavy (non-hydrogen) atoms. The van der Waals surface area contributed by atoms with Crippen molar-refractivity contribution in [2.75, 3.05) is 0 Å². The molecule has 1 N–H and O–H groups in total. The van der Waals surface area contributed by atoms with Gasteiger partial charge in [0.05, 0.1) is 18.0 Å². The fraction of sp³-hybridized carbons (Fsp3) is 0.375. The Morgan fingerprint density at radius 2 is 1.85 bits per heavy atom. The predicted molar refractivity (Wildman–Crippen MR) is 77.8 cm³/mol. The molecule has 0 radical (unpaired) electrons. The molecule has 0 saturated carbocycles. The summed E-state index contributed by atoms with van der Waals surface area (Å²) in [5, 5.41) is 10.5. The van der Waals surface area contributed by atoms with E-state index in [9.17, 15) is 5.11 Å². The molecule has 0 aliphatic rings. The fourth-order valence-electron chi connectivity index (χ4n) is 2.09. The van der Waals surface area contributed by atoms with Crippen molar-refractivity contribution in [3.63, 3.8) is 0 Å². The van der Waals surface area contributed by atoms with Crippen LogP contribution in [-0.2, 0) is 0 Å². The van der Waals surface area contributed by atoms with Crippen LogP contribution in [-0.4, -0.2) is 21.2 Å². The number of nitrogens with zero attached hydrogens (tertiary/aromatic N) is 2. The van der Waals surface area contributed by atoms with Gasteiger partial charge in [0.25, 0.3) is 0 Å². The highest BCUT2D eigenvalue weighted by atomic mass is 16.5. The summed E-state index contributed by atoms with van der Waals surface area (Å²) < 4.78 is 5.60. The molecule has 2 aromatic rings. The molecule has 1 atom stereocenters. The second-order valence-electron chi connectivity index (χ2n) is 5.24. The van der Waals surface area contributed by atoms with Crippen LogP contribution in [0.25, 0.3) is 0 Å². The van der Waals surface area contributed by atoms with Crippen LogP contribution >= 0.6 is 0 Å². The molecule has 0 aliphatic carbocycles. The van der Waals surface area contributed by atoms with Crippen molar-refractivity contribution >= 4 is 0 Å². The SMILES string of the molecule is Cc1cnc(C(O)c2cncc(OC(C)C)c2)c(C)c1. The van der Waals surface area contributed by atoms with Gasteiger partial charge in [0.2, 0.25) is 0 Å². The van der Waals surface area contributed by atoms with Crippen molar-refractivity contribution in [2.24, 2.45) is 0 Å². The molecule has 0 aliphatic heterocycles. The van der Waals surface area contributed by atoms with Gasteiger partial charge in [-0.2, -0.15) is 0 Å². The Morgan fingerprint density at radius 3 is 2.50 bits per heavy atom. The van der Waals surface area contributed by atoms with Crippen LogP contribution in [0.3, 0.4) is 0 Å². The first-order valence-corrected chi connectivity index (χ1v) is 6.70. The lowest BCUT2D eigenvalue weighted by Crippen LogP contribution is -2.08. The average molecular weight is 272 g/mol. The minimum Gasteiger partial charge on any atom is -0.489 e. The number of aromatic nitrogens is 2. The third-order valence-electron chi connectivity index (χ3n) is 2.94. The van der Waals surface area contributed by atoms with E-state index in [4.69, 9.17) is 4.74 Å². The summed E-state index contributed by atoms with van der Waals surface area (Å²) in [7, 11) is 0. The summed E-state index contributed by atoms with van der Waals surface area (Å²) >= 11 is 0. The third-order valence-corrected chi connectivity index (χ3v) is 2.94. The van der Waals surface area contributed by atoms with Crippen molar-refractivity contribution < 1.29 is 9.84 Å². The smallest absolute Gasteiger partial charge is 0.138 e. The second kappa shape index (κ2) is 6.01. The maximum Gasteiger partial charge on any atom is 0.138 e. The van der Waals surface area contributed by atoms with Crippen molar-refractivity contribution in [3.05, 3.63) is 53.1 Å². The Labute approximate surface area is 119 Å². The van der Waals surface area contributed by atoms with E-state index >= 15 is 0 Å². The summed E-state index contributed by atoms with van der Waals surface area (Å²) in [6.07, 6.45) is 4.32. The molecule has 0 bridgehead atoms. The first-order valence-electron chi connectivity index (χ1n) is 6.70. The Hall–Kier alpha value is -1.94. The summed E-state index contributed by atoms with van der Waals surface area (Å²) in [6, 6.07) is 3.81. The zero-order chi connectivity index (χ0) is 14.7. The Bertz CT molecular complexity index is 597. The van der Waals surface area contributed by atoms with Crippen LogP contribution in [0.4, 0.5) is 0 Å². The van der Waals surface area contributed by atoms with Crippen LogP contribution in [0, 0.1) is 13.8 Å². The lowest BCUT2D eigenvalue weighted by Gasteiger charge is -2.15. The number of aliphatic hydroxyl groups is 1. The van der Waals surface area contributed by atoms with Crippen molar-refractivity contribution in [3.8, 4) is 5.75 Å². The molecule has 4 heteroatoms. The van der Waals surface area contributed by atoms with E-state index in [2.05, 4.69) is 9.97 Å². The first kappa shape index (κ1) is 14.5. The molecule has 2 rings (SSSR count). The van der Waals surface area contributed by atoms with Gasteiger partial charge in [-0.25, -0.2) is 0 Å². The minimum atomic E-state index is -0.793. The van der Waals surface area contributed by atoms with Crippen molar-refractivity contribution in [2.45, 2.75) is 39.9 Å². The largest absolute Gasteiger partial charge is 0.489 e. The van der Waals surface area contributed by atoms with Crippen LogP contribution in [0.5, 0.6) is 5.75 Å². The van der Waals surface area contributed by atoms with Crippen molar-refractivity contribution in [1.82, 2.24) is 9.97 Å². The van der Waals surface area contributed by atoms with Crippen LogP contribution < -0.4 is 4.74 Å². The highest BCUT2D eigenvalue weighted by molar-refractivity contribution is 5.34. The summed E-state index contributed by atoms with van der Waals surface area (Å²) in [5.74, 6) is 0.654. The number of aliphatic hydroxyl groups excluding tert-OH is 1. The highest BCUT2D eigenvalue weighted by Crippen LogP contribution is 2.25. The molecule has 4 nitrogen and oxygen atoms in total. The highest BCUT2D eigenvalue weighted by Gasteiger charge is 2.16. The van der Waals surface area contributed by atoms with E-state index in [1.54, 1.807) is 24.7 Å². The van der Waals surface area contributed by atoms with E-state index in [-0.39, 0.29) is 6.10 Å². The number of rotatable bonds is 4. The van der Waals surface area contributed by atoms with Crippen molar-refractivity contribution in [1.29, 1.82) is 0 Å². The maximum absolute atomic E-state index is 10.5. The zero-order valence-corrected chi connectivity index (χ0v) is 12.3. The molecule has 0 fully saturated rings. The van der Waals surface area contributed by atoms with E-state index in [0.717, 1.165) is 11.1 Å². The molecule has 2 heterocycles. The fourth-order valence-corrected chi connectivity index (χ4v) is 2.09. The molecule has 0 spiro atoms. The van der Waals surface area contributed by atoms with E-state index in [1.807, 2.05) is 33.8 Å². The average Bonchev–Trinajstić information content (AvgIpc) is 2.37. The molecule has 0 aromatic carbocycles. The second-order valence-corrected chi connectivity index (χ2v) is 5.24. The Kier molecular flexibility index (Phi) is 4.35. The topological polar surface area (TPSA) is 55.2 Å². The standard InChI is InChI=1S/C16H20N2O2/c1-10(2)20-14-6-13(8-17-9-14)16(19)15-12(4)5-11(3)7-18-15/h5-10,16,19H,1-4H3. The number of ether oxygens (including phenoxy) is 1. The summed E-state index contributed by atoms with van der Waals surface area (Å²) in [5.41, 5.74) is 3.38. The van der Waals surface area contributed by atoms with E-state index < -0.39 is 6.10 Å². The van der Waals surface area contributed by atoms with Gasteiger partial charge >= 0.3 is 0 Å². The van der Waals surface area contributed by atoms with Gasteiger partial charge < -0.3 is 9.84 Å². The number of pyridine rings is 2. The van der Waals surface area contributed by atoms with Gasteiger partial charge in [-0.1, -0.05) is 6.07 Å². The predicted octanol–water partition coefficient (Wildman–Crippen LogP) is 2.96. The molecule has 1 unspecified atom stereocenters. The van der Waals surface area contributed by atoms with Gasteiger partial charge in [-0.3, -0.25) is 9.97 Å². The van der Waals surface area contributed by atoms with Gasteiger partial charge in [0, 0.05) is 18.0 Å². The molecule has 106 valence electrons. The van der Waals surface area contributed by atoms with Crippen LogP contribution in [0.15, 0.2) is 30.7 Å². The van der Waals surface area contributed by atoms with E-state index in [1.165, 1.54) is 0 Å². The lowest BCUT2D eigenvalue weighted by atomic mass is 10.0. The third kappa shape index (κ3) is 3.33. The van der Waals surface area contributed by atoms with Crippen LogP contribution in [0.1, 0.15) is 42.3 Å². The zero-order valence-electron chi connectivity index (χ0n) is 12.3. The quantitative estimate of drug-likeness (QED) is 0.929. The molecular formula is C16H20N2O2. The van der Waals surface area contributed by atoms with Crippen LogP contribution in [0.2, 0.25) is 0 Å². The molecule has 0 saturated heterocycles. The maximum atomic E-state index is 10.5. The summed E-state index contributed by atoms with van der Waals surface area (Å²) in [4.78, 5) is 8.44. The molecule has 0 amide bonds. The minimum absolute atomic E-state index is 0.0726. The van der Waals surface area contributed by atoms with Gasteiger partial charge in [-0.05, 0) is 44.9 Å². The Balaban J connectivity index is 2.30. The van der Waals surface area contributed by atoms with Gasteiger partial charge in [0.15, 0.2) is 0 Å². The lowest BCUT2D eigenvalue weighted by molar-refractivity contribution is 0.210. The number of aryl methyl sites for hydroxylation is 2. The summed E-state index contributed by atoms with van der Waals surface area (Å²) in [6.45, 7) is 7.83.